The summed E-state index contributed by atoms with van der Waals surface area (Å²) in [7, 11) is 1.97. The molecule has 0 amide bonds. The average molecular weight is 300 g/mol. The molecular formula is C17H20N2OS. The van der Waals surface area contributed by atoms with Crippen LogP contribution in [0, 0.1) is 0 Å². The Morgan fingerprint density at radius 2 is 2.14 bits per heavy atom. The van der Waals surface area contributed by atoms with Gasteiger partial charge in [0.15, 0.2) is 5.76 Å². The number of aryl methyl sites for hydroxylation is 1. The third-order valence-electron chi connectivity index (χ3n) is 3.74. The zero-order chi connectivity index (χ0) is 14.8. The third kappa shape index (κ3) is 2.61. The van der Waals surface area contributed by atoms with Crippen LogP contribution < -0.4 is 5.32 Å². The highest BCUT2D eigenvalue weighted by Crippen LogP contribution is 2.35. The first kappa shape index (κ1) is 14.3. The lowest BCUT2D eigenvalue weighted by atomic mass is 10.1. The molecule has 0 aliphatic rings. The maximum absolute atomic E-state index is 6.06. The van der Waals surface area contributed by atoms with Crippen molar-refractivity contribution in [2.24, 2.45) is 0 Å². The van der Waals surface area contributed by atoms with E-state index in [1.54, 1.807) is 11.3 Å². The number of nitrogens with zero attached hydrogens (tertiary/aromatic N) is 1. The molecule has 110 valence electrons. The Morgan fingerprint density at radius 1 is 1.33 bits per heavy atom. The summed E-state index contributed by atoms with van der Waals surface area (Å²) < 4.78 is 6.06. The Balaban J connectivity index is 2.04. The Labute approximate surface area is 129 Å². The van der Waals surface area contributed by atoms with E-state index < -0.39 is 0 Å². The van der Waals surface area contributed by atoms with Gasteiger partial charge in [-0.3, -0.25) is 0 Å². The van der Waals surface area contributed by atoms with Crippen LogP contribution in [0.2, 0.25) is 0 Å². The maximum atomic E-state index is 6.06. The van der Waals surface area contributed by atoms with Gasteiger partial charge in [-0.2, -0.15) is 0 Å². The largest absolute Gasteiger partial charge is 0.454 e. The summed E-state index contributed by atoms with van der Waals surface area (Å²) in [6.45, 7) is 5.30. The molecule has 0 radical (unpaired) electrons. The van der Waals surface area contributed by atoms with E-state index in [0.29, 0.717) is 5.92 Å². The van der Waals surface area contributed by atoms with Gasteiger partial charge < -0.3 is 9.73 Å². The van der Waals surface area contributed by atoms with Crippen molar-refractivity contribution in [3.05, 3.63) is 40.2 Å². The average Bonchev–Trinajstić information content (AvgIpc) is 3.11. The zero-order valence-corrected chi connectivity index (χ0v) is 13.5. The Hall–Kier alpha value is -1.65. The molecule has 0 fully saturated rings. The molecule has 3 nitrogen and oxygen atoms in total. The van der Waals surface area contributed by atoms with E-state index in [1.807, 2.05) is 19.2 Å². The van der Waals surface area contributed by atoms with Gasteiger partial charge in [0, 0.05) is 28.8 Å². The number of furan rings is 1. The SMILES string of the molecule is CCc1c(-c2csc(C(C)CNC)n2)oc2ccccc12. The molecular weight excluding hydrogens is 280 g/mol. The summed E-state index contributed by atoms with van der Waals surface area (Å²) in [4.78, 5) is 4.79. The minimum absolute atomic E-state index is 0.420. The van der Waals surface area contributed by atoms with E-state index in [1.165, 1.54) is 10.9 Å². The second kappa shape index (κ2) is 6.00. The molecule has 3 rings (SSSR count). The van der Waals surface area contributed by atoms with E-state index in [-0.39, 0.29) is 0 Å². The Morgan fingerprint density at radius 3 is 2.90 bits per heavy atom. The summed E-state index contributed by atoms with van der Waals surface area (Å²) in [5.41, 5.74) is 3.16. The van der Waals surface area contributed by atoms with E-state index in [0.717, 1.165) is 35.0 Å². The van der Waals surface area contributed by atoms with Gasteiger partial charge in [-0.1, -0.05) is 32.0 Å². The number of fused-ring (bicyclic) bond motifs is 1. The van der Waals surface area contributed by atoms with Gasteiger partial charge in [-0.05, 0) is 19.5 Å². The summed E-state index contributed by atoms with van der Waals surface area (Å²) >= 11 is 1.71. The number of benzene rings is 1. The molecule has 1 aromatic carbocycles. The van der Waals surface area contributed by atoms with Gasteiger partial charge in [0.25, 0.3) is 0 Å². The normalized spacial score (nSPS) is 12.9. The van der Waals surface area contributed by atoms with E-state index in [4.69, 9.17) is 9.40 Å². The van der Waals surface area contributed by atoms with Crippen molar-refractivity contribution in [3.8, 4) is 11.5 Å². The Bertz CT molecular complexity index is 744. The first-order valence-corrected chi connectivity index (χ1v) is 8.23. The van der Waals surface area contributed by atoms with Crippen LogP contribution >= 0.6 is 11.3 Å². The van der Waals surface area contributed by atoms with E-state index in [2.05, 4.69) is 36.7 Å². The lowest BCUT2D eigenvalue weighted by molar-refractivity contribution is 0.623. The van der Waals surface area contributed by atoms with Gasteiger partial charge in [-0.25, -0.2) is 4.98 Å². The van der Waals surface area contributed by atoms with Crippen molar-refractivity contribution in [1.82, 2.24) is 10.3 Å². The smallest absolute Gasteiger partial charge is 0.157 e. The molecule has 0 saturated heterocycles. The fraction of sp³-hybridized carbons (Fsp3) is 0.353. The molecule has 0 saturated carbocycles. The molecule has 2 heterocycles. The zero-order valence-electron chi connectivity index (χ0n) is 12.6. The fourth-order valence-corrected chi connectivity index (χ4v) is 3.53. The number of thiazole rings is 1. The molecule has 3 aromatic rings. The number of aromatic nitrogens is 1. The van der Waals surface area contributed by atoms with Gasteiger partial charge in [-0.15, -0.1) is 11.3 Å². The first-order chi connectivity index (χ1) is 10.2. The summed E-state index contributed by atoms with van der Waals surface area (Å²) in [5, 5.41) is 7.67. The highest BCUT2D eigenvalue weighted by Gasteiger charge is 2.18. The fourth-order valence-electron chi connectivity index (χ4n) is 2.67. The van der Waals surface area contributed by atoms with E-state index in [9.17, 15) is 0 Å². The van der Waals surface area contributed by atoms with E-state index >= 15 is 0 Å². The minimum atomic E-state index is 0.420. The summed E-state index contributed by atoms with van der Waals surface area (Å²) in [6.07, 6.45) is 0.950. The van der Waals surface area contributed by atoms with Crippen LogP contribution in [0.15, 0.2) is 34.1 Å². The van der Waals surface area contributed by atoms with Gasteiger partial charge in [0.05, 0.1) is 5.01 Å². The van der Waals surface area contributed by atoms with Crippen molar-refractivity contribution in [2.75, 3.05) is 13.6 Å². The molecule has 0 bridgehead atoms. The van der Waals surface area contributed by atoms with Crippen LogP contribution in [-0.2, 0) is 6.42 Å². The number of nitrogens with one attached hydrogen (secondary N) is 1. The molecule has 0 aliphatic heterocycles. The monoisotopic (exact) mass is 300 g/mol. The summed E-state index contributed by atoms with van der Waals surface area (Å²) in [5.74, 6) is 1.35. The molecule has 4 heteroatoms. The number of hydrogen-bond donors (Lipinski definition) is 1. The van der Waals surface area contributed by atoms with Crippen LogP contribution in [0.1, 0.15) is 30.3 Å². The second-order valence-corrected chi connectivity index (χ2v) is 6.18. The van der Waals surface area contributed by atoms with Crippen molar-refractivity contribution in [2.45, 2.75) is 26.2 Å². The second-order valence-electron chi connectivity index (χ2n) is 5.29. The van der Waals surface area contributed by atoms with Crippen molar-refractivity contribution >= 4 is 22.3 Å². The lowest BCUT2D eigenvalue weighted by Gasteiger charge is -2.05. The number of rotatable bonds is 5. The predicted molar refractivity (Wildman–Crippen MR) is 89.0 cm³/mol. The lowest BCUT2D eigenvalue weighted by Crippen LogP contribution is -2.14. The molecule has 2 aromatic heterocycles. The molecule has 21 heavy (non-hydrogen) atoms. The van der Waals surface area contributed by atoms with Gasteiger partial charge >= 0.3 is 0 Å². The van der Waals surface area contributed by atoms with Crippen LogP contribution in [0.25, 0.3) is 22.4 Å². The highest BCUT2D eigenvalue weighted by molar-refractivity contribution is 7.10. The Kier molecular flexibility index (Phi) is 4.08. The third-order valence-corrected chi connectivity index (χ3v) is 4.81. The molecule has 1 atom stereocenters. The molecule has 1 unspecified atom stereocenters. The molecule has 1 N–H and O–H groups in total. The highest BCUT2D eigenvalue weighted by atomic mass is 32.1. The van der Waals surface area contributed by atoms with Gasteiger partial charge in [0.2, 0.25) is 0 Å². The van der Waals surface area contributed by atoms with Crippen molar-refractivity contribution < 1.29 is 4.42 Å². The van der Waals surface area contributed by atoms with Crippen molar-refractivity contribution in [1.29, 1.82) is 0 Å². The standard InChI is InChI=1S/C17H20N2OS/c1-4-12-13-7-5-6-8-15(13)20-16(12)14-10-21-17(19-14)11(2)9-18-3/h5-8,10-11,18H,4,9H2,1-3H3. The number of para-hydroxylation sites is 1. The predicted octanol–water partition coefficient (Wildman–Crippen LogP) is 4.44. The minimum Gasteiger partial charge on any atom is -0.454 e. The molecule has 0 spiro atoms. The van der Waals surface area contributed by atoms with Crippen LogP contribution in [0.5, 0.6) is 0 Å². The number of likely N-dealkylation sites (N-methyl/N-ethyl adjacent to an activating group) is 1. The molecule has 0 aliphatic carbocycles. The van der Waals surface area contributed by atoms with Crippen LogP contribution in [0.3, 0.4) is 0 Å². The number of hydrogen-bond acceptors (Lipinski definition) is 4. The maximum Gasteiger partial charge on any atom is 0.157 e. The van der Waals surface area contributed by atoms with Crippen LogP contribution in [-0.4, -0.2) is 18.6 Å². The van der Waals surface area contributed by atoms with Gasteiger partial charge in [0.1, 0.15) is 11.3 Å². The summed E-state index contributed by atoms with van der Waals surface area (Å²) in [6, 6.07) is 8.21. The topological polar surface area (TPSA) is 38.1 Å². The quantitative estimate of drug-likeness (QED) is 0.757. The van der Waals surface area contributed by atoms with Crippen LogP contribution in [0.4, 0.5) is 0 Å². The van der Waals surface area contributed by atoms with Crippen molar-refractivity contribution in [3.63, 3.8) is 0 Å². The first-order valence-electron chi connectivity index (χ1n) is 7.35.